The van der Waals surface area contributed by atoms with E-state index in [1.807, 2.05) is 20.8 Å². The third-order valence-corrected chi connectivity index (χ3v) is 2.76. The molecule has 1 aromatic rings. The summed E-state index contributed by atoms with van der Waals surface area (Å²) in [5, 5.41) is 4.15. The van der Waals surface area contributed by atoms with Gasteiger partial charge < -0.3 is 18.9 Å². The van der Waals surface area contributed by atoms with Gasteiger partial charge >= 0.3 is 12.1 Å². The molecule has 140 valence electrons. The smallest absolute Gasteiger partial charge is 0.493 e. The SMILES string of the molecule is COc1ccc(C(=O)OOOC(=O)OCC(C)(C)C)c(OC)c1OC. The molecule has 0 bridgehead atoms. The molecule has 0 radical (unpaired) electrons. The van der Waals surface area contributed by atoms with E-state index in [1.54, 1.807) is 0 Å². The Morgan fingerprint density at radius 2 is 1.56 bits per heavy atom. The lowest BCUT2D eigenvalue weighted by molar-refractivity contribution is -0.452. The van der Waals surface area contributed by atoms with Crippen LogP contribution < -0.4 is 14.2 Å². The van der Waals surface area contributed by atoms with Gasteiger partial charge in [-0.1, -0.05) is 20.8 Å². The molecule has 0 spiro atoms. The van der Waals surface area contributed by atoms with Gasteiger partial charge in [-0.05, 0) is 17.5 Å². The maximum Gasteiger partial charge on any atom is 0.543 e. The molecule has 0 saturated heterocycles. The van der Waals surface area contributed by atoms with E-state index in [4.69, 9.17) is 18.9 Å². The first-order valence-electron chi connectivity index (χ1n) is 7.24. The van der Waals surface area contributed by atoms with Crippen molar-refractivity contribution in [2.24, 2.45) is 5.41 Å². The summed E-state index contributed by atoms with van der Waals surface area (Å²) in [6.07, 6.45) is -1.14. The zero-order valence-electron chi connectivity index (χ0n) is 15.0. The number of carbonyl (C=O) groups is 2. The number of hydrogen-bond donors (Lipinski definition) is 0. The van der Waals surface area contributed by atoms with Crippen LogP contribution in [-0.4, -0.2) is 40.1 Å². The van der Waals surface area contributed by atoms with E-state index < -0.39 is 12.1 Å². The highest BCUT2D eigenvalue weighted by Gasteiger charge is 2.23. The van der Waals surface area contributed by atoms with Crippen molar-refractivity contribution >= 4 is 12.1 Å². The van der Waals surface area contributed by atoms with E-state index in [9.17, 15) is 9.59 Å². The van der Waals surface area contributed by atoms with Crippen LogP contribution in [0.3, 0.4) is 0 Å². The monoisotopic (exact) mass is 358 g/mol. The van der Waals surface area contributed by atoms with Crippen molar-refractivity contribution < 1.29 is 43.3 Å². The lowest BCUT2D eigenvalue weighted by atomic mass is 9.99. The maximum absolute atomic E-state index is 12.0. The summed E-state index contributed by atoms with van der Waals surface area (Å²) >= 11 is 0. The first kappa shape index (κ1) is 20.4. The van der Waals surface area contributed by atoms with Crippen LogP contribution >= 0.6 is 0 Å². The Morgan fingerprint density at radius 1 is 0.920 bits per heavy atom. The van der Waals surface area contributed by atoms with Gasteiger partial charge in [0.25, 0.3) is 0 Å². The first-order valence-corrected chi connectivity index (χ1v) is 7.24. The molecule has 0 unspecified atom stereocenters. The number of ether oxygens (including phenoxy) is 4. The lowest BCUT2D eigenvalue weighted by Gasteiger charge is -2.16. The third-order valence-electron chi connectivity index (χ3n) is 2.76. The summed E-state index contributed by atoms with van der Waals surface area (Å²) in [7, 11) is 4.17. The number of rotatable bonds is 7. The summed E-state index contributed by atoms with van der Waals surface area (Å²) in [5.74, 6) is -0.337. The van der Waals surface area contributed by atoms with Crippen molar-refractivity contribution in [3.63, 3.8) is 0 Å². The Hall–Kier alpha value is -2.68. The van der Waals surface area contributed by atoms with Crippen LogP contribution in [0.1, 0.15) is 31.1 Å². The number of carbonyl (C=O) groups excluding carboxylic acids is 2. The van der Waals surface area contributed by atoms with Crippen molar-refractivity contribution in [2.75, 3.05) is 27.9 Å². The molecule has 1 aromatic carbocycles. The second-order valence-corrected chi connectivity index (χ2v) is 6.00. The number of hydrogen-bond acceptors (Lipinski definition) is 9. The minimum Gasteiger partial charge on any atom is -0.493 e. The summed E-state index contributed by atoms with van der Waals surface area (Å²) in [4.78, 5) is 31.9. The standard InChI is InChI=1S/C16H22O9/c1-16(2,3)9-22-15(18)24-25-23-14(17)10-7-8-11(19-4)13(21-6)12(10)20-5/h7-8H,9H2,1-6H3. The maximum atomic E-state index is 12.0. The normalized spacial score (nSPS) is 10.6. The first-order chi connectivity index (χ1) is 11.7. The fourth-order valence-electron chi connectivity index (χ4n) is 1.68. The topological polar surface area (TPSA) is 98.8 Å². The summed E-state index contributed by atoms with van der Waals surface area (Å²) in [6.45, 7) is 5.70. The van der Waals surface area contributed by atoms with Gasteiger partial charge in [-0.3, -0.25) is 4.89 Å². The highest BCUT2D eigenvalue weighted by molar-refractivity contribution is 5.93. The Labute approximate surface area is 145 Å². The van der Waals surface area contributed by atoms with Gasteiger partial charge in [0.2, 0.25) is 5.75 Å². The molecule has 9 heteroatoms. The molecule has 0 amide bonds. The fraction of sp³-hybridized carbons (Fsp3) is 0.500. The van der Waals surface area contributed by atoms with Crippen LogP contribution in [-0.2, 0) is 19.6 Å². The van der Waals surface area contributed by atoms with Crippen LogP contribution in [0.25, 0.3) is 0 Å². The molecule has 25 heavy (non-hydrogen) atoms. The van der Waals surface area contributed by atoms with Gasteiger partial charge in [0.1, 0.15) is 5.56 Å². The zero-order chi connectivity index (χ0) is 19.0. The van der Waals surface area contributed by atoms with Crippen LogP contribution in [0.2, 0.25) is 0 Å². The second-order valence-electron chi connectivity index (χ2n) is 6.00. The zero-order valence-corrected chi connectivity index (χ0v) is 15.0. The van der Waals surface area contributed by atoms with E-state index in [1.165, 1.54) is 33.5 Å². The second kappa shape index (κ2) is 8.97. The highest BCUT2D eigenvalue weighted by Crippen LogP contribution is 2.39. The van der Waals surface area contributed by atoms with Crippen molar-refractivity contribution in [3.05, 3.63) is 17.7 Å². The molecule has 0 fully saturated rings. The molecule has 0 saturated carbocycles. The molecule has 0 aliphatic rings. The molecule has 0 aliphatic carbocycles. The van der Waals surface area contributed by atoms with Gasteiger partial charge in [0.15, 0.2) is 11.5 Å². The highest BCUT2D eigenvalue weighted by atomic mass is 17.5. The number of methoxy groups -OCH3 is 3. The van der Waals surface area contributed by atoms with Crippen molar-refractivity contribution in [1.29, 1.82) is 0 Å². The van der Waals surface area contributed by atoms with Gasteiger partial charge in [-0.2, -0.15) is 0 Å². The molecule has 9 nitrogen and oxygen atoms in total. The van der Waals surface area contributed by atoms with Crippen LogP contribution in [0.4, 0.5) is 4.79 Å². The fourth-order valence-corrected chi connectivity index (χ4v) is 1.68. The Morgan fingerprint density at radius 3 is 2.08 bits per heavy atom. The average Bonchev–Trinajstić information content (AvgIpc) is 2.57. The Balaban J connectivity index is 2.68. The predicted molar refractivity (Wildman–Crippen MR) is 84.5 cm³/mol. The minimum absolute atomic E-state index is 0.0215. The number of benzene rings is 1. The minimum atomic E-state index is -1.14. The molecule has 0 heterocycles. The largest absolute Gasteiger partial charge is 0.543 e. The molecule has 1 rings (SSSR count). The summed E-state index contributed by atoms with van der Waals surface area (Å²) in [6, 6.07) is 2.86. The van der Waals surface area contributed by atoms with Crippen molar-refractivity contribution in [1.82, 2.24) is 0 Å². The molecular formula is C16H22O9. The van der Waals surface area contributed by atoms with Crippen LogP contribution in [0, 0.1) is 5.41 Å². The molecular weight excluding hydrogens is 336 g/mol. The Bertz CT molecular complexity index is 604. The van der Waals surface area contributed by atoms with Gasteiger partial charge in [-0.25, -0.2) is 14.5 Å². The van der Waals surface area contributed by atoms with Crippen molar-refractivity contribution in [3.8, 4) is 17.2 Å². The quantitative estimate of drug-likeness (QED) is 0.414. The van der Waals surface area contributed by atoms with Gasteiger partial charge in [0.05, 0.1) is 33.0 Å². The average molecular weight is 358 g/mol. The molecule has 0 atom stereocenters. The molecule has 0 N–H and O–H groups in total. The molecule has 0 aliphatic heterocycles. The summed E-state index contributed by atoms with van der Waals surface area (Å²) < 4.78 is 20.2. The van der Waals surface area contributed by atoms with E-state index in [2.05, 4.69) is 14.8 Å². The third kappa shape index (κ3) is 6.03. The van der Waals surface area contributed by atoms with E-state index in [0.717, 1.165) is 0 Å². The predicted octanol–water partition coefficient (Wildman–Crippen LogP) is 2.92. The van der Waals surface area contributed by atoms with Crippen LogP contribution in [0.5, 0.6) is 17.2 Å². The van der Waals surface area contributed by atoms with E-state index in [0.29, 0.717) is 5.75 Å². The summed E-state index contributed by atoms with van der Waals surface area (Å²) in [5.41, 5.74) is -0.269. The molecule has 0 aromatic heterocycles. The Kier molecular flexibility index (Phi) is 7.31. The lowest BCUT2D eigenvalue weighted by Crippen LogP contribution is -2.19. The van der Waals surface area contributed by atoms with Gasteiger partial charge in [0, 0.05) is 0 Å². The van der Waals surface area contributed by atoms with Gasteiger partial charge in [-0.15, -0.1) is 0 Å². The van der Waals surface area contributed by atoms with E-state index in [-0.39, 0.29) is 29.1 Å². The van der Waals surface area contributed by atoms with Crippen molar-refractivity contribution in [2.45, 2.75) is 20.8 Å². The van der Waals surface area contributed by atoms with E-state index >= 15 is 0 Å². The van der Waals surface area contributed by atoms with Crippen LogP contribution in [0.15, 0.2) is 12.1 Å².